The molecule has 3 heterocycles. The molecule has 4 aromatic rings. The van der Waals surface area contributed by atoms with Gasteiger partial charge in [-0.3, -0.25) is 9.80 Å². The Hall–Kier alpha value is -3.06. The summed E-state index contributed by atoms with van der Waals surface area (Å²) in [7, 11) is 0. The Labute approximate surface area is 266 Å². The summed E-state index contributed by atoms with van der Waals surface area (Å²) in [6, 6.07) is 23.6. The molecule has 1 N–H and O–H groups in total. The van der Waals surface area contributed by atoms with E-state index in [1.807, 2.05) is 12.1 Å². The van der Waals surface area contributed by atoms with Gasteiger partial charge in [-0.25, -0.2) is 0 Å². The van der Waals surface area contributed by atoms with E-state index in [-0.39, 0.29) is 6.10 Å². The second kappa shape index (κ2) is 13.9. The lowest BCUT2D eigenvalue weighted by atomic mass is 9.90. The molecule has 3 aliphatic rings. The van der Waals surface area contributed by atoms with Crippen LogP contribution >= 0.6 is 11.3 Å². The van der Waals surface area contributed by atoms with Crippen LogP contribution in [0.25, 0.3) is 20.5 Å². The van der Waals surface area contributed by atoms with Gasteiger partial charge in [-0.15, -0.1) is 11.3 Å². The van der Waals surface area contributed by atoms with Crippen molar-refractivity contribution < 1.29 is 14.6 Å². The van der Waals surface area contributed by atoms with Crippen molar-refractivity contribution in [3.05, 3.63) is 77.9 Å². The van der Waals surface area contributed by atoms with E-state index in [9.17, 15) is 5.11 Å². The molecule has 2 aliphatic heterocycles. The van der Waals surface area contributed by atoms with Crippen molar-refractivity contribution in [3.8, 4) is 27.7 Å². The zero-order valence-corrected chi connectivity index (χ0v) is 26.7. The molecule has 1 aliphatic carbocycles. The fraction of sp³-hybridized carbons (Fsp3) is 0.474. The molecule has 0 radical (unpaired) electrons. The smallest absolute Gasteiger partial charge is 0.119 e. The van der Waals surface area contributed by atoms with Gasteiger partial charge in [0.1, 0.15) is 30.0 Å². The quantitative estimate of drug-likeness (QED) is 0.195. The third kappa shape index (κ3) is 6.93. The molecule has 2 saturated heterocycles. The van der Waals surface area contributed by atoms with Crippen LogP contribution in [0.15, 0.2) is 66.7 Å². The Bertz CT molecular complexity index is 1500. The molecule has 0 amide bonds. The van der Waals surface area contributed by atoms with Crippen molar-refractivity contribution in [3.63, 3.8) is 0 Å². The highest BCUT2D eigenvalue weighted by Crippen LogP contribution is 2.42. The topological polar surface area (TPSA) is 45.2 Å². The van der Waals surface area contributed by atoms with E-state index in [0.29, 0.717) is 11.8 Å². The van der Waals surface area contributed by atoms with Crippen molar-refractivity contribution >= 4 is 21.4 Å². The molecule has 0 spiro atoms. The average molecular weight is 611 g/mol. The van der Waals surface area contributed by atoms with E-state index in [1.165, 1.54) is 104 Å². The summed E-state index contributed by atoms with van der Waals surface area (Å²) in [5.74, 6) is 2.21. The minimum atomic E-state index is 0.287. The zero-order valence-electron chi connectivity index (χ0n) is 25.9. The summed E-state index contributed by atoms with van der Waals surface area (Å²) < 4.78 is 13.9. The molecule has 232 valence electrons. The Kier molecular flexibility index (Phi) is 9.38. The molecule has 2 atom stereocenters. The molecule has 1 saturated carbocycles. The lowest BCUT2D eigenvalue weighted by molar-refractivity contribution is 0.0261. The molecule has 1 aromatic heterocycles. The lowest BCUT2D eigenvalue weighted by Gasteiger charge is -2.41. The number of nitrogens with zero attached hydrogens (tertiary/aromatic N) is 2. The van der Waals surface area contributed by atoms with Crippen LogP contribution in [-0.2, 0) is 6.42 Å². The van der Waals surface area contributed by atoms with E-state index < -0.39 is 0 Å². The van der Waals surface area contributed by atoms with E-state index >= 15 is 0 Å². The Balaban J connectivity index is 1.06. The van der Waals surface area contributed by atoms with E-state index in [2.05, 4.69) is 58.3 Å². The number of likely N-dealkylation sites (tertiary alicyclic amines) is 2. The van der Waals surface area contributed by atoms with Crippen LogP contribution in [0.1, 0.15) is 68.9 Å². The zero-order chi connectivity index (χ0) is 29.7. The predicted molar refractivity (Wildman–Crippen MR) is 181 cm³/mol. The van der Waals surface area contributed by atoms with E-state index in [1.54, 1.807) is 17.4 Å². The van der Waals surface area contributed by atoms with Crippen molar-refractivity contribution in [2.75, 3.05) is 39.3 Å². The minimum Gasteiger partial charge on any atom is -0.508 e. The van der Waals surface area contributed by atoms with Crippen LogP contribution in [-0.4, -0.2) is 66.4 Å². The molecule has 7 rings (SSSR count). The van der Waals surface area contributed by atoms with Crippen LogP contribution in [0.2, 0.25) is 0 Å². The molecule has 6 heteroatoms. The molecular weight excluding hydrogens is 564 g/mol. The Morgan fingerprint density at radius 2 is 1.48 bits per heavy atom. The maximum Gasteiger partial charge on any atom is 0.119 e. The van der Waals surface area contributed by atoms with Gasteiger partial charge in [0.15, 0.2) is 0 Å². The maximum absolute atomic E-state index is 10.4. The van der Waals surface area contributed by atoms with E-state index in [0.717, 1.165) is 42.9 Å². The first kappa shape index (κ1) is 29.6. The summed E-state index contributed by atoms with van der Waals surface area (Å²) >= 11 is 1.80. The number of phenolic OH excluding ortho intramolecular Hbond substituents is 1. The van der Waals surface area contributed by atoms with Gasteiger partial charge in [0.2, 0.25) is 0 Å². The summed E-state index contributed by atoms with van der Waals surface area (Å²) in [5.41, 5.74) is 3.70. The number of phenols is 1. The third-order valence-corrected chi connectivity index (χ3v) is 11.1. The minimum absolute atomic E-state index is 0.287. The van der Waals surface area contributed by atoms with Crippen molar-refractivity contribution in [2.24, 2.45) is 0 Å². The van der Waals surface area contributed by atoms with Crippen molar-refractivity contribution in [2.45, 2.75) is 76.4 Å². The molecule has 3 fully saturated rings. The number of benzene rings is 3. The van der Waals surface area contributed by atoms with Crippen molar-refractivity contribution in [1.29, 1.82) is 0 Å². The highest BCUT2D eigenvalue weighted by Gasteiger charge is 2.32. The maximum atomic E-state index is 10.4. The number of hydrogen-bond acceptors (Lipinski definition) is 6. The highest BCUT2D eigenvalue weighted by atomic mass is 32.1. The standard InChI is InChI=1S/C38H46N2O3S/c41-30-14-19-37-33(27-30)34(38(44-37)29-12-17-31(18-13-29)42-25-24-39-20-6-7-21-39)26-28-10-15-32(16-11-28)43-36-9-3-2-8-35(36)40-22-4-1-5-23-40/h10-19,27,35-36,41H,1-9,20-26H2/t35-,36-/m0/s1. The molecule has 0 bridgehead atoms. The largest absolute Gasteiger partial charge is 0.508 e. The number of fused-ring (bicyclic) bond motifs is 1. The second-order valence-corrected chi connectivity index (χ2v) is 14.0. The molecule has 3 aromatic carbocycles. The number of thiophene rings is 1. The number of piperidine rings is 1. The first-order chi connectivity index (χ1) is 21.7. The Morgan fingerprint density at radius 1 is 0.750 bits per heavy atom. The summed E-state index contributed by atoms with van der Waals surface area (Å²) in [4.78, 5) is 6.43. The first-order valence-electron chi connectivity index (χ1n) is 16.9. The van der Waals surface area contributed by atoms with Crippen LogP contribution in [0.3, 0.4) is 0 Å². The van der Waals surface area contributed by atoms with Gasteiger partial charge in [-0.1, -0.05) is 25.0 Å². The summed E-state index contributed by atoms with van der Waals surface area (Å²) in [5, 5.41) is 11.5. The number of aromatic hydroxyl groups is 1. The third-order valence-electron chi connectivity index (χ3n) is 9.88. The summed E-state index contributed by atoms with van der Waals surface area (Å²) in [6.07, 6.45) is 12.7. The van der Waals surface area contributed by atoms with Crippen LogP contribution in [0, 0.1) is 0 Å². The lowest BCUT2D eigenvalue weighted by Crippen LogP contribution is -2.49. The van der Waals surface area contributed by atoms with Gasteiger partial charge < -0.3 is 14.6 Å². The van der Waals surface area contributed by atoms with Crippen LogP contribution < -0.4 is 9.47 Å². The molecular formula is C38H46N2O3S. The van der Waals surface area contributed by atoms with E-state index in [4.69, 9.17) is 9.47 Å². The second-order valence-electron chi connectivity index (χ2n) is 12.9. The highest BCUT2D eigenvalue weighted by molar-refractivity contribution is 7.22. The molecule has 0 unspecified atom stereocenters. The normalized spacial score (nSPS) is 21.5. The Morgan fingerprint density at radius 3 is 2.27 bits per heavy atom. The predicted octanol–water partition coefficient (Wildman–Crippen LogP) is 8.52. The number of ether oxygens (including phenoxy) is 2. The van der Waals surface area contributed by atoms with Crippen LogP contribution in [0.4, 0.5) is 0 Å². The van der Waals surface area contributed by atoms with Gasteiger partial charge in [-0.2, -0.15) is 0 Å². The van der Waals surface area contributed by atoms with Gasteiger partial charge in [0, 0.05) is 27.5 Å². The monoisotopic (exact) mass is 610 g/mol. The average Bonchev–Trinajstić information content (AvgIpc) is 3.71. The van der Waals surface area contributed by atoms with Gasteiger partial charge in [-0.05, 0) is 149 Å². The SMILES string of the molecule is Oc1ccc2sc(-c3ccc(OCCN4CCCC4)cc3)c(Cc3ccc(O[C@H]4CCCC[C@@H]4N4CCCCC4)cc3)c2c1. The van der Waals surface area contributed by atoms with Crippen LogP contribution in [0.5, 0.6) is 17.2 Å². The number of hydrogen-bond donors (Lipinski definition) is 1. The first-order valence-corrected chi connectivity index (χ1v) is 17.7. The summed E-state index contributed by atoms with van der Waals surface area (Å²) in [6.45, 7) is 6.57. The van der Waals surface area contributed by atoms with Crippen molar-refractivity contribution in [1.82, 2.24) is 9.80 Å². The van der Waals surface area contributed by atoms with Gasteiger partial charge in [0.05, 0.1) is 0 Å². The fourth-order valence-corrected chi connectivity index (χ4v) is 8.70. The molecule has 5 nitrogen and oxygen atoms in total. The van der Waals surface area contributed by atoms with Gasteiger partial charge >= 0.3 is 0 Å². The van der Waals surface area contributed by atoms with Gasteiger partial charge in [0.25, 0.3) is 0 Å². The number of rotatable bonds is 10. The fourth-order valence-electron chi connectivity index (χ4n) is 7.49. The molecule has 44 heavy (non-hydrogen) atoms.